The molecule has 2 aromatic rings. The fourth-order valence-corrected chi connectivity index (χ4v) is 2.48. The molecule has 1 saturated heterocycles. The SMILES string of the molecule is C[C@@H]1CN(C(=O)c2cc3ccccc3[nH]2)CCN1. The maximum Gasteiger partial charge on any atom is 0.270 e. The lowest BCUT2D eigenvalue weighted by Gasteiger charge is -2.31. The van der Waals surface area contributed by atoms with E-state index in [1.165, 1.54) is 0 Å². The Labute approximate surface area is 106 Å². The van der Waals surface area contributed by atoms with E-state index >= 15 is 0 Å². The van der Waals surface area contributed by atoms with Crippen molar-refractivity contribution in [2.24, 2.45) is 0 Å². The van der Waals surface area contributed by atoms with Crippen LogP contribution in [-0.4, -0.2) is 41.5 Å². The van der Waals surface area contributed by atoms with Crippen molar-refractivity contribution in [2.75, 3.05) is 19.6 Å². The van der Waals surface area contributed by atoms with Gasteiger partial charge in [-0.2, -0.15) is 0 Å². The van der Waals surface area contributed by atoms with Gasteiger partial charge in [-0.3, -0.25) is 4.79 Å². The van der Waals surface area contributed by atoms with E-state index < -0.39 is 0 Å². The molecule has 94 valence electrons. The standard InChI is InChI=1S/C14H17N3O/c1-10-9-17(7-6-15-10)14(18)13-8-11-4-2-3-5-12(11)16-13/h2-5,8,10,15-16H,6-7,9H2,1H3/t10-/m1/s1. The van der Waals surface area contributed by atoms with Gasteiger partial charge in [-0.25, -0.2) is 0 Å². The van der Waals surface area contributed by atoms with Gasteiger partial charge in [-0.1, -0.05) is 18.2 Å². The average Bonchev–Trinajstić information content (AvgIpc) is 2.81. The van der Waals surface area contributed by atoms with Crippen LogP contribution in [0, 0.1) is 0 Å². The second-order valence-electron chi connectivity index (χ2n) is 4.88. The lowest BCUT2D eigenvalue weighted by Crippen LogP contribution is -2.51. The third kappa shape index (κ3) is 1.99. The summed E-state index contributed by atoms with van der Waals surface area (Å²) < 4.78 is 0. The molecule has 0 saturated carbocycles. The number of carbonyl (C=O) groups excluding carboxylic acids is 1. The summed E-state index contributed by atoms with van der Waals surface area (Å²) in [5.74, 6) is 0.0968. The average molecular weight is 243 g/mol. The van der Waals surface area contributed by atoms with Crippen molar-refractivity contribution in [1.82, 2.24) is 15.2 Å². The number of carbonyl (C=O) groups is 1. The second-order valence-corrected chi connectivity index (χ2v) is 4.88. The predicted octanol–water partition coefficient (Wildman–Crippen LogP) is 1.60. The van der Waals surface area contributed by atoms with E-state index in [0.29, 0.717) is 11.7 Å². The van der Waals surface area contributed by atoms with Crippen molar-refractivity contribution in [3.8, 4) is 0 Å². The zero-order chi connectivity index (χ0) is 12.5. The molecule has 1 fully saturated rings. The van der Waals surface area contributed by atoms with Gasteiger partial charge in [0.15, 0.2) is 0 Å². The summed E-state index contributed by atoms with van der Waals surface area (Å²) >= 11 is 0. The molecule has 2 N–H and O–H groups in total. The Balaban J connectivity index is 1.87. The summed E-state index contributed by atoms with van der Waals surface area (Å²) in [6, 6.07) is 10.3. The van der Waals surface area contributed by atoms with Crippen LogP contribution >= 0.6 is 0 Å². The number of benzene rings is 1. The number of piperazine rings is 1. The fraction of sp³-hybridized carbons (Fsp3) is 0.357. The van der Waals surface area contributed by atoms with Crippen molar-refractivity contribution in [1.29, 1.82) is 0 Å². The van der Waals surface area contributed by atoms with Crippen LogP contribution in [0.5, 0.6) is 0 Å². The van der Waals surface area contributed by atoms with E-state index in [0.717, 1.165) is 30.5 Å². The van der Waals surface area contributed by atoms with Gasteiger partial charge in [0.2, 0.25) is 0 Å². The summed E-state index contributed by atoms with van der Waals surface area (Å²) in [5, 5.41) is 4.43. The van der Waals surface area contributed by atoms with Crippen molar-refractivity contribution in [2.45, 2.75) is 13.0 Å². The first-order valence-corrected chi connectivity index (χ1v) is 6.34. The number of para-hydroxylation sites is 1. The van der Waals surface area contributed by atoms with Gasteiger partial charge in [0.05, 0.1) is 0 Å². The molecule has 18 heavy (non-hydrogen) atoms. The van der Waals surface area contributed by atoms with Gasteiger partial charge in [0.1, 0.15) is 5.69 Å². The van der Waals surface area contributed by atoms with Crippen LogP contribution in [0.1, 0.15) is 17.4 Å². The number of fused-ring (bicyclic) bond motifs is 1. The Hall–Kier alpha value is -1.81. The summed E-state index contributed by atoms with van der Waals surface area (Å²) in [5.41, 5.74) is 1.70. The molecule has 2 heterocycles. The normalized spacial score (nSPS) is 20.3. The van der Waals surface area contributed by atoms with E-state index in [4.69, 9.17) is 0 Å². The quantitative estimate of drug-likeness (QED) is 0.799. The first kappa shape index (κ1) is 11.3. The lowest BCUT2D eigenvalue weighted by molar-refractivity contribution is 0.0704. The van der Waals surface area contributed by atoms with Gasteiger partial charge >= 0.3 is 0 Å². The number of nitrogens with zero attached hydrogens (tertiary/aromatic N) is 1. The Kier molecular flexibility index (Phi) is 2.80. The number of aromatic amines is 1. The third-order valence-corrected chi connectivity index (χ3v) is 3.42. The Morgan fingerprint density at radius 3 is 3.00 bits per heavy atom. The minimum Gasteiger partial charge on any atom is -0.351 e. The first-order valence-electron chi connectivity index (χ1n) is 6.34. The second kappa shape index (κ2) is 4.46. The van der Waals surface area contributed by atoms with Crippen LogP contribution < -0.4 is 5.32 Å². The van der Waals surface area contributed by atoms with Crippen LogP contribution in [-0.2, 0) is 0 Å². The molecule has 1 atom stereocenters. The molecule has 0 radical (unpaired) electrons. The molecule has 0 spiro atoms. The largest absolute Gasteiger partial charge is 0.351 e. The van der Waals surface area contributed by atoms with Crippen molar-refractivity contribution in [3.63, 3.8) is 0 Å². The van der Waals surface area contributed by atoms with E-state index in [9.17, 15) is 4.79 Å². The monoisotopic (exact) mass is 243 g/mol. The number of nitrogens with one attached hydrogen (secondary N) is 2. The summed E-state index contributed by atoms with van der Waals surface area (Å²) in [6.07, 6.45) is 0. The van der Waals surface area contributed by atoms with E-state index in [-0.39, 0.29) is 5.91 Å². The Morgan fingerprint density at radius 2 is 2.22 bits per heavy atom. The Bertz CT molecular complexity index is 542. The minimum atomic E-state index is 0.0968. The van der Waals surface area contributed by atoms with Crippen LogP contribution in [0.3, 0.4) is 0 Å². The molecule has 1 aliphatic heterocycles. The number of amides is 1. The predicted molar refractivity (Wildman–Crippen MR) is 71.7 cm³/mol. The van der Waals surface area contributed by atoms with E-state index in [1.54, 1.807) is 0 Å². The molecule has 4 nitrogen and oxygen atoms in total. The maximum atomic E-state index is 12.4. The van der Waals surface area contributed by atoms with Crippen LogP contribution in [0.25, 0.3) is 10.9 Å². The fourth-order valence-electron chi connectivity index (χ4n) is 2.48. The molecule has 1 aromatic heterocycles. The number of aromatic nitrogens is 1. The number of rotatable bonds is 1. The third-order valence-electron chi connectivity index (χ3n) is 3.42. The van der Waals surface area contributed by atoms with Crippen molar-refractivity contribution >= 4 is 16.8 Å². The Morgan fingerprint density at radius 1 is 1.39 bits per heavy atom. The molecule has 0 unspecified atom stereocenters. The van der Waals surface area contributed by atoms with Crippen LogP contribution in [0.15, 0.2) is 30.3 Å². The number of hydrogen-bond acceptors (Lipinski definition) is 2. The molecular formula is C14H17N3O. The van der Waals surface area contributed by atoms with Crippen molar-refractivity contribution < 1.29 is 4.79 Å². The molecule has 1 amide bonds. The highest BCUT2D eigenvalue weighted by Gasteiger charge is 2.22. The number of H-pyrrole nitrogens is 1. The highest BCUT2D eigenvalue weighted by atomic mass is 16.2. The summed E-state index contributed by atoms with van der Waals surface area (Å²) in [6.45, 7) is 4.52. The van der Waals surface area contributed by atoms with Gasteiger partial charge in [0.25, 0.3) is 5.91 Å². The highest BCUT2D eigenvalue weighted by molar-refractivity contribution is 5.98. The molecular weight excluding hydrogens is 226 g/mol. The smallest absolute Gasteiger partial charge is 0.270 e. The maximum absolute atomic E-state index is 12.4. The van der Waals surface area contributed by atoms with Gasteiger partial charge in [-0.05, 0) is 19.1 Å². The van der Waals surface area contributed by atoms with Gasteiger partial charge < -0.3 is 15.2 Å². The first-order chi connectivity index (χ1) is 8.74. The van der Waals surface area contributed by atoms with E-state index in [1.807, 2.05) is 35.2 Å². The van der Waals surface area contributed by atoms with Gasteiger partial charge in [-0.15, -0.1) is 0 Å². The van der Waals surface area contributed by atoms with Crippen LogP contribution in [0.2, 0.25) is 0 Å². The lowest BCUT2D eigenvalue weighted by atomic mass is 10.2. The molecule has 3 rings (SSSR count). The zero-order valence-corrected chi connectivity index (χ0v) is 10.4. The molecule has 1 aliphatic rings. The number of hydrogen-bond donors (Lipinski definition) is 2. The minimum absolute atomic E-state index is 0.0968. The summed E-state index contributed by atoms with van der Waals surface area (Å²) in [4.78, 5) is 17.5. The zero-order valence-electron chi connectivity index (χ0n) is 10.4. The summed E-state index contributed by atoms with van der Waals surface area (Å²) in [7, 11) is 0. The van der Waals surface area contributed by atoms with Gasteiger partial charge in [0, 0.05) is 36.6 Å². The highest BCUT2D eigenvalue weighted by Crippen LogP contribution is 2.16. The molecule has 4 heteroatoms. The van der Waals surface area contributed by atoms with Crippen LogP contribution in [0.4, 0.5) is 0 Å². The van der Waals surface area contributed by atoms with E-state index in [2.05, 4.69) is 17.2 Å². The molecule has 0 bridgehead atoms. The molecule has 1 aromatic carbocycles. The van der Waals surface area contributed by atoms with Crippen molar-refractivity contribution in [3.05, 3.63) is 36.0 Å². The molecule has 0 aliphatic carbocycles. The topological polar surface area (TPSA) is 48.1 Å².